The van der Waals surface area contributed by atoms with Crippen LogP contribution in [0.2, 0.25) is 0 Å². The molecule has 0 bridgehead atoms. The van der Waals surface area contributed by atoms with E-state index in [0.29, 0.717) is 18.9 Å². The SMILES string of the molecule is CC.CCN(C=O)C(C)Cc1ccc2c(c1)OCO2.COC1CCC(N)CC1. The fourth-order valence-electron chi connectivity index (χ4n) is 3.34. The average molecular weight is 395 g/mol. The maximum absolute atomic E-state index is 10.8. The minimum absolute atomic E-state index is 0.192. The molecule has 3 rings (SSSR count). The zero-order valence-electron chi connectivity index (χ0n) is 18.1. The fraction of sp³-hybridized carbons (Fsp3) is 0.682. The Morgan fingerprint density at radius 1 is 1.21 bits per heavy atom. The van der Waals surface area contributed by atoms with Gasteiger partial charge in [0.25, 0.3) is 0 Å². The first kappa shape index (κ1) is 24.2. The van der Waals surface area contributed by atoms with Crippen LogP contribution in [-0.2, 0) is 16.0 Å². The number of methoxy groups -OCH3 is 1. The molecule has 1 aromatic carbocycles. The van der Waals surface area contributed by atoms with E-state index in [4.69, 9.17) is 19.9 Å². The van der Waals surface area contributed by atoms with Gasteiger partial charge < -0.3 is 24.8 Å². The quantitative estimate of drug-likeness (QED) is 0.744. The highest BCUT2D eigenvalue weighted by atomic mass is 16.7. The second-order valence-electron chi connectivity index (χ2n) is 6.95. The van der Waals surface area contributed by atoms with Crippen LogP contribution in [0.15, 0.2) is 18.2 Å². The minimum atomic E-state index is 0.192. The van der Waals surface area contributed by atoms with Crippen LogP contribution in [0.3, 0.4) is 0 Å². The predicted molar refractivity (Wildman–Crippen MR) is 113 cm³/mol. The number of likely N-dealkylation sites (N-methyl/N-ethyl adjacent to an activating group) is 1. The van der Waals surface area contributed by atoms with Gasteiger partial charge >= 0.3 is 0 Å². The van der Waals surface area contributed by atoms with Gasteiger partial charge in [-0.1, -0.05) is 19.9 Å². The molecule has 1 aromatic rings. The van der Waals surface area contributed by atoms with E-state index in [1.165, 1.54) is 0 Å². The molecule has 1 saturated carbocycles. The van der Waals surface area contributed by atoms with Crippen molar-refractivity contribution < 1.29 is 19.0 Å². The Morgan fingerprint density at radius 3 is 2.43 bits per heavy atom. The van der Waals surface area contributed by atoms with E-state index in [1.54, 1.807) is 12.0 Å². The number of hydrogen-bond acceptors (Lipinski definition) is 5. The number of fused-ring (bicyclic) bond motifs is 1. The van der Waals surface area contributed by atoms with Crippen LogP contribution >= 0.6 is 0 Å². The Kier molecular flexibility index (Phi) is 11.6. The zero-order chi connectivity index (χ0) is 20.9. The molecule has 6 heteroatoms. The summed E-state index contributed by atoms with van der Waals surface area (Å²) in [6.45, 7) is 9.05. The number of nitrogens with zero attached hydrogens (tertiary/aromatic N) is 1. The van der Waals surface area contributed by atoms with Crippen LogP contribution in [0.5, 0.6) is 11.5 Å². The van der Waals surface area contributed by atoms with Crippen molar-refractivity contribution in [1.29, 1.82) is 0 Å². The van der Waals surface area contributed by atoms with Crippen molar-refractivity contribution in [3.63, 3.8) is 0 Å². The molecule has 1 amide bonds. The van der Waals surface area contributed by atoms with Crippen molar-refractivity contribution in [3.05, 3.63) is 23.8 Å². The summed E-state index contributed by atoms with van der Waals surface area (Å²) < 4.78 is 15.8. The third-order valence-corrected chi connectivity index (χ3v) is 5.09. The Bertz CT molecular complexity index is 559. The summed E-state index contributed by atoms with van der Waals surface area (Å²) in [5.41, 5.74) is 6.85. The van der Waals surface area contributed by atoms with Crippen molar-refractivity contribution in [2.24, 2.45) is 5.73 Å². The second-order valence-corrected chi connectivity index (χ2v) is 6.95. The third kappa shape index (κ3) is 7.68. The van der Waals surface area contributed by atoms with Crippen LogP contribution in [-0.4, -0.2) is 49.9 Å². The Hall–Kier alpha value is -1.79. The molecule has 6 nitrogen and oxygen atoms in total. The van der Waals surface area contributed by atoms with Gasteiger partial charge in [-0.2, -0.15) is 0 Å². The van der Waals surface area contributed by atoms with Gasteiger partial charge in [-0.25, -0.2) is 0 Å². The molecule has 1 fully saturated rings. The first-order valence-electron chi connectivity index (χ1n) is 10.4. The number of carbonyl (C=O) groups excluding carboxylic acids is 1. The highest BCUT2D eigenvalue weighted by molar-refractivity contribution is 5.48. The molecule has 1 atom stereocenters. The van der Waals surface area contributed by atoms with Crippen molar-refractivity contribution >= 4 is 6.41 Å². The highest BCUT2D eigenvalue weighted by Gasteiger charge is 2.17. The van der Waals surface area contributed by atoms with Crippen LogP contribution in [0, 0.1) is 0 Å². The Balaban J connectivity index is 0.000000301. The summed E-state index contributed by atoms with van der Waals surface area (Å²) in [7, 11) is 1.78. The van der Waals surface area contributed by atoms with Crippen molar-refractivity contribution in [3.8, 4) is 11.5 Å². The Labute approximate surface area is 170 Å². The number of rotatable bonds is 6. The summed E-state index contributed by atoms with van der Waals surface area (Å²) in [5, 5.41) is 0. The van der Waals surface area contributed by atoms with Gasteiger partial charge in [-0.3, -0.25) is 4.79 Å². The molecular formula is C22H38N2O4. The van der Waals surface area contributed by atoms with Gasteiger partial charge in [0.2, 0.25) is 13.2 Å². The first-order chi connectivity index (χ1) is 13.6. The molecule has 0 saturated heterocycles. The minimum Gasteiger partial charge on any atom is -0.454 e. The number of hydrogen-bond donors (Lipinski definition) is 1. The number of amides is 1. The van der Waals surface area contributed by atoms with Crippen molar-refractivity contribution in [1.82, 2.24) is 4.90 Å². The monoisotopic (exact) mass is 394 g/mol. The van der Waals surface area contributed by atoms with Crippen molar-refractivity contribution in [2.75, 3.05) is 20.4 Å². The lowest BCUT2D eigenvalue weighted by Gasteiger charge is -2.24. The molecule has 2 N–H and O–H groups in total. The van der Waals surface area contributed by atoms with E-state index in [2.05, 4.69) is 0 Å². The molecular weight excluding hydrogens is 356 g/mol. The van der Waals surface area contributed by atoms with E-state index >= 15 is 0 Å². The number of ether oxygens (including phenoxy) is 3. The summed E-state index contributed by atoms with van der Waals surface area (Å²) in [4.78, 5) is 12.6. The lowest BCUT2D eigenvalue weighted by Crippen LogP contribution is -2.33. The molecule has 1 unspecified atom stereocenters. The van der Waals surface area contributed by atoms with Gasteiger partial charge in [-0.05, 0) is 63.6 Å². The summed E-state index contributed by atoms with van der Waals surface area (Å²) >= 11 is 0. The lowest BCUT2D eigenvalue weighted by atomic mass is 9.94. The van der Waals surface area contributed by atoms with Crippen LogP contribution < -0.4 is 15.2 Å². The first-order valence-corrected chi connectivity index (χ1v) is 10.4. The zero-order valence-corrected chi connectivity index (χ0v) is 18.1. The molecule has 2 aliphatic rings. The van der Waals surface area contributed by atoms with E-state index in [9.17, 15) is 4.79 Å². The second kappa shape index (κ2) is 13.4. The van der Waals surface area contributed by atoms with E-state index < -0.39 is 0 Å². The molecule has 1 aliphatic carbocycles. The van der Waals surface area contributed by atoms with Gasteiger partial charge in [0, 0.05) is 25.7 Å². The predicted octanol–water partition coefficient (Wildman–Crippen LogP) is 3.75. The van der Waals surface area contributed by atoms with Crippen LogP contribution in [0.25, 0.3) is 0 Å². The van der Waals surface area contributed by atoms with Crippen LogP contribution in [0.4, 0.5) is 0 Å². The number of benzene rings is 1. The summed E-state index contributed by atoms with van der Waals surface area (Å²) in [6, 6.07) is 6.55. The van der Waals surface area contributed by atoms with Crippen molar-refractivity contribution in [2.45, 2.75) is 78.0 Å². The maximum atomic E-state index is 10.8. The van der Waals surface area contributed by atoms with Crippen LogP contribution in [0.1, 0.15) is 58.9 Å². The molecule has 0 spiro atoms. The molecule has 1 aliphatic heterocycles. The lowest BCUT2D eigenvalue weighted by molar-refractivity contribution is -0.119. The van der Waals surface area contributed by atoms with E-state index in [-0.39, 0.29) is 6.04 Å². The van der Waals surface area contributed by atoms with Gasteiger partial charge in [0.15, 0.2) is 11.5 Å². The molecule has 28 heavy (non-hydrogen) atoms. The standard InChI is InChI=1S/C13H17NO3.C7H15NO.C2H6/c1-3-14(8-15)10(2)6-11-4-5-12-13(7-11)17-9-16-12;1-9-7-4-2-6(8)3-5-7;1-2/h4-5,7-8,10H,3,6,9H2,1-2H3;6-7H,2-5,8H2,1H3;1-2H3. The molecule has 160 valence electrons. The average Bonchev–Trinajstić information content (AvgIpc) is 3.19. The smallest absolute Gasteiger partial charge is 0.231 e. The van der Waals surface area contributed by atoms with Gasteiger partial charge in [0.1, 0.15) is 0 Å². The molecule has 0 radical (unpaired) electrons. The topological polar surface area (TPSA) is 74.0 Å². The van der Waals surface area contributed by atoms with E-state index in [1.807, 2.05) is 45.9 Å². The van der Waals surface area contributed by atoms with Gasteiger partial charge in [0.05, 0.1) is 6.10 Å². The summed E-state index contributed by atoms with van der Waals surface area (Å²) in [5.74, 6) is 1.59. The maximum Gasteiger partial charge on any atom is 0.231 e. The Morgan fingerprint density at radius 2 is 1.86 bits per heavy atom. The fourth-order valence-corrected chi connectivity index (χ4v) is 3.34. The highest BCUT2D eigenvalue weighted by Crippen LogP contribution is 2.32. The third-order valence-electron chi connectivity index (χ3n) is 5.09. The molecule has 1 heterocycles. The normalized spacial score (nSPS) is 20.8. The summed E-state index contributed by atoms with van der Waals surface area (Å²) in [6.07, 6.45) is 6.79. The number of nitrogens with two attached hydrogens (primary N) is 1. The van der Waals surface area contributed by atoms with E-state index in [0.717, 1.165) is 62.1 Å². The largest absolute Gasteiger partial charge is 0.454 e. The molecule has 0 aromatic heterocycles. The number of carbonyl (C=O) groups is 1. The van der Waals surface area contributed by atoms with Gasteiger partial charge in [-0.15, -0.1) is 0 Å².